The van der Waals surface area contributed by atoms with E-state index in [-0.39, 0.29) is 11.5 Å². The Labute approximate surface area is 183 Å². The van der Waals surface area contributed by atoms with Crippen LogP contribution < -0.4 is 4.72 Å². The quantitative estimate of drug-likeness (QED) is 0.412. The van der Waals surface area contributed by atoms with Crippen molar-refractivity contribution in [1.82, 2.24) is 10.2 Å². The predicted molar refractivity (Wildman–Crippen MR) is 119 cm³/mol. The number of anilines is 1. The maximum Gasteiger partial charge on any atom is 0.277 e. The molecule has 0 saturated heterocycles. The van der Waals surface area contributed by atoms with Gasteiger partial charge in [-0.3, -0.25) is 9.52 Å². The monoisotopic (exact) mass is 463 g/mol. The second-order valence-corrected chi connectivity index (χ2v) is 11.3. The van der Waals surface area contributed by atoms with Crippen molar-refractivity contribution < 1.29 is 17.6 Å². The Morgan fingerprint density at radius 1 is 1.30 bits per heavy atom. The lowest BCUT2D eigenvalue weighted by Gasteiger charge is -2.16. The van der Waals surface area contributed by atoms with Crippen molar-refractivity contribution in [3.8, 4) is 10.8 Å². The zero-order valence-electron chi connectivity index (χ0n) is 16.5. The number of hydrogen-bond acceptors (Lipinski definition) is 8. The van der Waals surface area contributed by atoms with E-state index >= 15 is 0 Å². The number of Topliss-reactive ketones (excluding diaryl/α,β-unsaturated/α-hetero) is 1. The Morgan fingerprint density at radius 3 is 2.80 bits per heavy atom. The first-order valence-electron chi connectivity index (χ1n) is 9.46. The van der Waals surface area contributed by atoms with Crippen molar-refractivity contribution in [3.05, 3.63) is 46.3 Å². The lowest BCUT2D eigenvalue weighted by atomic mass is 9.90. The molecule has 1 unspecified atom stereocenters. The summed E-state index contributed by atoms with van der Waals surface area (Å²) in [7, 11) is -3.35. The number of carbonyl (C=O) groups is 1. The third-order valence-corrected chi connectivity index (χ3v) is 7.43. The first-order valence-corrected chi connectivity index (χ1v) is 13.2. The highest BCUT2D eigenvalue weighted by atomic mass is 32.2. The summed E-state index contributed by atoms with van der Waals surface area (Å²) < 4.78 is 30.6. The van der Waals surface area contributed by atoms with Gasteiger partial charge in [-0.1, -0.05) is 18.7 Å². The van der Waals surface area contributed by atoms with Gasteiger partial charge in [-0.2, -0.15) is 0 Å². The van der Waals surface area contributed by atoms with Crippen molar-refractivity contribution in [1.29, 1.82) is 0 Å². The van der Waals surface area contributed by atoms with Crippen LogP contribution in [0, 0.1) is 5.92 Å². The highest BCUT2D eigenvalue weighted by Gasteiger charge is 2.21. The van der Waals surface area contributed by atoms with Gasteiger partial charge in [-0.25, -0.2) is 8.42 Å². The Bertz CT molecular complexity index is 1170. The number of aromatic nitrogens is 2. The van der Waals surface area contributed by atoms with Crippen LogP contribution in [0.1, 0.15) is 34.1 Å². The number of sulfonamides is 1. The van der Waals surface area contributed by atoms with Crippen LogP contribution in [0.15, 0.2) is 40.0 Å². The maximum absolute atomic E-state index is 12.4. The zero-order chi connectivity index (χ0) is 21.3. The van der Waals surface area contributed by atoms with Gasteiger partial charge in [0, 0.05) is 16.1 Å². The van der Waals surface area contributed by atoms with E-state index in [2.05, 4.69) is 27.9 Å². The van der Waals surface area contributed by atoms with Crippen LogP contribution in [0.25, 0.3) is 10.8 Å². The number of ketones is 1. The highest BCUT2D eigenvalue weighted by molar-refractivity contribution is 7.99. The minimum Gasteiger partial charge on any atom is -0.410 e. The van der Waals surface area contributed by atoms with Crippen LogP contribution in [-0.4, -0.2) is 36.4 Å². The van der Waals surface area contributed by atoms with Gasteiger partial charge in [-0.05, 0) is 61.1 Å². The first-order chi connectivity index (χ1) is 14.3. The van der Waals surface area contributed by atoms with Gasteiger partial charge in [0.15, 0.2) is 5.78 Å². The van der Waals surface area contributed by atoms with E-state index in [0.29, 0.717) is 28.3 Å². The van der Waals surface area contributed by atoms with Gasteiger partial charge in [0.25, 0.3) is 11.1 Å². The van der Waals surface area contributed by atoms with E-state index in [1.807, 2.05) is 0 Å². The van der Waals surface area contributed by atoms with E-state index < -0.39 is 10.0 Å². The molecule has 1 N–H and O–H groups in total. The highest BCUT2D eigenvalue weighted by Crippen LogP contribution is 2.37. The molecule has 0 radical (unpaired) electrons. The topological polar surface area (TPSA) is 102 Å². The summed E-state index contributed by atoms with van der Waals surface area (Å²) >= 11 is 2.90. The first kappa shape index (κ1) is 21.1. The summed E-state index contributed by atoms with van der Waals surface area (Å²) in [6, 6.07) is 8.45. The minimum atomic E-state index is -3.35. The Kier molecular flexibility index (Phi) is 5.99. The van der Waals surface area contributed by atoms with Crippen LogP contribution in [0.2, 0.25) is 0 Å². The van der Waals surface area contributed by atoms with Gasteiger partial charge in [0.1, 0.15) is 0 Å². The number of nitrogens with one attached hydrogen (secondary N) is 1. The number of aryl methyl sites for hydroxylation is 1. The molecule has 0 aliphatic heterocycles. The largest absolute Gasteiger partial charge is 0.410 e. The molecule has 2 aromatic heterocycles. The van der Waals surface area contributed by atoms with Crippen molar-refractivity contribution in [2.75, 3.05) is 16.7 Å². The smallest absolute Gasteiger partial charge is 0.277 e. The molecule has 0 spiro atoms. The molecule has 7 nitrogen and oxygen atoms in total. The molecular formula is C20H21N3O4S3. The normalized spacial score (nSPS) is 16.3. The van der Waals surface area contributed by atoms with E-state index in [0.717, 1.165) is 24.0 Å². The second kappa shape index (κ2) is 8.52. The van der Waals surface area contributed by atoms with Crippen LogP contribution in [0.5, 0.6) is 0 Å². The van der Waals surface area contributed by atoms with Gasteiger partial charge in [0.2, 0.25) is 10.0 Å². The fourth-order valence-corrected chi connectivity index (χ4v) is 5.68. The predicted octanol–water partition coefficient (Wildman–Crippen LogP) is 4.27. The molecule has 0 amide bonds. The Morgan fingerprint density at radius 2 is 2.07 bits per heavy atom. The standard InChI is InChI=1S/C20H21N3O4S3/c1-12-3-8-17-14(9-12)10-18(29-17)19-21-22-20(27-19)28-11-16(24)13-4-6-15(7-5-13)23-30(2,25)26/h4-7,10,12,23H,3,8-9,11H2,1-2H3. The molecule has 1 aromatic carbocycles. The Hall–Kier alpha value is -2.17. The molecule has 10 heteroatoms. The van der Waals surface area contributed by atoms with Crippen molar-refractivity contribution in [3.63, 3.8) is 0 Å². The zero-order valence-corrected chi connectivity index (χ0v) is 19.0. The van der Waals surface area contributed by atoms with Crippen LogP contribution in [-0.2, 0) is 22.9 Å². The second-order valence-electron chi connectivity index (χ2n) is 7.44. The number of hydrogen-bond donors (Lipinski definition) is 1. The summed E-state index contributed by atoms with van der Waals surface area (Å²) in [4.78, 5) is 14.8. The number of thioether (sulfide) groups is 1. The van der Waals surface area contributed by atoms with Crippen molar-refractivity contribution in [2.45, 2.75) is 31.4 Å². The van der Waals surface area contributed by atoms with Crippen LogP contribution >= 0.6 is 23.1 Å². The van der Waals surface area contributed by atoms with Crippen LogP contribution in [0.3, 0.4) is 0 Å². The lowest BCUT2D eigenvalue weighted by Crippen LogP contribution is -2.10. The van der Waals surface area contributed by atoms with Crippen LogP contribution in [0.4, 0.5) is 5.69 Å². The van der Waals surface area contributed by atoms with Crippen molar-refractivity contribution >= 4 is 44.6 Å². The number of benzene rings is 1. The molecule has 158 valence electrons. The number of carbonyl (C=O) groups excluding carboxylic acids is 1. The summed E-state index contributed by atoms with van der Waals surface area (Å²) in [6.07, 6.45) is 4.48. The SMILES string of the molecule is CC1CCc2sc(-c3nnc(SCC(=O)c4ccc(NS(C)(=O)=O)cc4)o3)cc2C1. The fraction of sp³-hybridized carbons (Fsp3) is 0.350. The van der Waals surface area contributed by atoms with E-state index in [4.69, 9.17) is 4.42 Å². The minimum absolute atomic E-state index is 0.105. The summed E-state index contributed by atoms with van der Waals surface area (Å²) in [5, 5.41) is 8.55. The molecule has 1 aliphatic rings. The number of thiophene rings is 1. The molecule has 0 saturated carbocycles. The summed E-state index contributed by atoms with van der Waals surface area (Å²) in [5.41, 5.74) is 2.28. The molecule has 30 heavy (non-hydrogen) atoms. The summed E-state index contributed by atoms with van der Waals surface area (Å²) in [6.45, 7) is 2.27. The lowest BCUT2D eigenvalue weighted by molar-refractivity contribution is 0.102. The van der Waals surface area contributed by atoms with E-state index in [9.17, 15) is 13.2 Å². The number of rotatable bonds is 7. The third-order valence-electron chi connectivity index (χ3n) is 4.78. The number of nitrogens with zero attached hydrogens (tertiary/aromatic N) is 2. The summed E-state index contributed by atoms with van der Waals surface area (Å²) in [5.74, 6) is 1.24. The van der Waals surface area contributed by atoms with Gasteiger partial charge in [0.05, 0.1) is 16.9 Å². The molecule has 3 aromatic rings. The van der Waals surface area contributed by atoms with E-state index in [1.54, 1.807) is 35.6 Å². The third kappa shape index (κ3) is 5.11. The average Bonchev–Trinajstić information content (AvgIpc) is 3.31. The average molecular weight is 464 g/mol. The van der Waals surface area contributed by atoms with Gasteiger partial charge < -0.3 is 4.42 Å². The number of fused-ring (bicyclic) bond motifs is 1. The maximum atomic E-state index is 12.4. The molecule has 4 rings (SSSR count). The molecule has 1 atom stereocenters. The van der Waals surface area contributed by atoms with E-state index in [1.165, 1.54) is 28.6 Å². The Balaban J connectivity index is 1.37. The molecule has 0 fully saturated rings. The van der Waals surface area contributed by atoms with Gasteiger partial charge in [-0.15, -0.1) is 21.5 Å². The fourth-order valence-electron chi connectivity index (χ4n) is 3.33. The molecule has 1 aliphatic carbocycles. The van der Waals surface area contributed by atoms with Crippen molar-refractivity contribution in [2.24, 2.45) is 5.92 Å². The molecule has 2 heterocycles. The van der Waals surface area contributed by atoms with Gasteiger partial charge >= 0.3 is 0 Å². The molecular weight excluding hydrogens is 442 g/mol. The molecule has 0 bridgehead atoms.